The van der Waals surface area contributed by atoms with Gasteiger partial charge in [-0.3, -0.25) is 9.59 Å². The van der Waals surface area contributed by atoms with Crippen molar-refractivity contribution in [2.24, 2.45) is 35.5 Å². The van der Waals surface area contributed by atoms with E-state index in [1.54, 1.807) is 0 Å². The predicted molar refractivity (Wildman–Crippen MR) is 86.8 cm³/mol. The number of aliphatic carboxylic acids is 1. The first-order chi connectivity index (χ1) is 11.1. The van der Waals surface area contributed by atoms with E-state index < -0.39 is 17.8 Å². The maximum atomic E-state index is 12.8. The van der Waals surface area contributed by atoms with Crippen LogP contribution in [0, 0.1) is 35.5 Å². The summed E-state index contributed by atoms with van der Waals surface area (Å²) in [5.41, 5.74) is 1.96. The summed E-state index contributed by atoms with van der Waals surface area (Å²) in [4.78, 5) is 24.5. The summed E-state index contributed by atoms with van der Waals surface area (Å²) in [5.74, 6) is -0.900. The zero-order valence-electron chi connectivity index (χ0n) is 13.1. The summed E-state index contributed by atoms with van der Waals surface area (Å²) in [5, 5.41) is 12.6. The molecule has 0 radical (unpaired) electrons. The average Bonchev–Trinajstić information content (AvgIpc) is 3.37. The van der Waals surface area contributed by atoms with Crippen molar-refractivity contribution in [1.29, 1.82) is 0 Å². The Morgan fingerprint density at radius 2 is 1.70 bits per heavy atom. The number of carbonyl (C=O) groups excluding carboxylic acids is 1. The predicted octanol–water partition coefficient (Wildman–Crippen LogP) is 2.96. The van der Waals surface area contributed by atoms with Crippen molar-refractivity contribution in [2.45, 2.75) is 19.8 Å². The van der Waals surface area contributed by atoms with Crippen LogP contribution in [0.1, 0.15) is 18.9 Å². The Hall–Kier alpha value is -2.10. The fraction of sp³-hybridized carbons (Fsp3) is 0.474. The molecule has 0 aromatic heterocycles. The number of hydrogen-bond acceptors (Lipinski definition) is 2. The molecule has 0 spiro atoms. The molecule has 2 N–H and O–H groups in total. The molecule has 0 heterocycles. The number of carbonyl (C=O) groups is 2. The van der Waals surface area contributed by atoms with E-state index in [1.165, 1.54) is 5.56 Å². The van der Waals surface area contributed by atoms with Crippen LogP contribution in [0.2, 0.25) is 0 Å². The van der Waals surface area contributed by atoms with Gasteiger partial charge in [-0.15, -0.1) is 0 Å². The van der Waals surface area contributed by atoms with Crippen molar-refractivity contribution in [2.75, 3.05) is 5.32 Å². The minimum Gasteiger partial charge on any atom is -0.481 e. The van der Waals surface area contributed by atoms with E-state index in [4.69, 9.17) is 0 Å². The third kappa shape index (κ3) is 2.28. The molecule has 4 aliphatic rings. The van der Waals surface area contributed by atoms with E-state index in [2.05, 4.69) is 18.3 Å². The maximum absolute atomic E-state index is 12.8. The number of carboxylic acid groups (broad SMARTS) is 1. The van der Waals surface area contributed by atoms with Gasteiger partial charge in [-0.1, -0.05) is 31.2 Å². The van der Waals surface area contributed by atoms with E-state index in [0.29, 0.717) is 11.8 Å². The molecule has 23 heavy (non-hydrogen) atoms. The Kier molecular flexibility index (Phi) is 3.29. The van der Waals surface area contributed by atoms with Crippen LogP contribution in [0.3, 0.4) is 0 Å². The molecular weight excluding hydrogens is 290 g/mol. The van der Waals surface area contributed by atoms with Crippen LogP contribution in [0.25, 0.3) is 0 Å². The van der Waals surface area contributed by atoms with Gasteiger partial charge in [0.25, 0.3) is 0 Å². The van der Waals surface area contributed by atoms with Gasteiger partial charge in [0.15, 0.2) is 0 Å². The maximum Gasteiger partial charge on any atom is 0.307 e. The zero-order chi connectivity index (χ0) is 16.1. The molecule has 2 saturated carbocycles. The van der Waals surface area contributed by atoms with Crippen LogP contribution < -0.4 is 5.32 Å². The second kappa shape index (κ2) is 5.22. The van der Waals surface area contributed by atoms with E-state index in [9.17, 15) is 14.7 Å². The van der Waals surface area contributed by atoms with Crippen molar-refractivity contribution >= 4 is 17.6 Å². The Morgan fingerprint density at radius 1 is 1.09 bits per heavy atom. The highest BCUT2D eigenvalue weighted by Crippen LogP contribution is 2.63. The fourth-order valence-electron chi connectivity index (χ4n) is 4.62. The second-order valence-electron chi connectivity index (χ2n) is 7.03. The molecule has 4 heteroatoms. The van der Waals surface area contributed by atoms with Gasteiger partial charge < -0.3 is 10.4 Å². The van der Waals surface area contributed by atoms with E-state index in [1.807, 2.05) is 30.3 Å². The van der Waals surface area contributed by atoms with Gasteiger partial charge in [-0.25, -0.2) is 0 Å². The Labute approximate surface area is 135 Å². The van der Waals surface area contributed by atoms with Crippen molar-refractivity contribution in [3.63, 3.8) is 0 Å². The highest BCUT2D eigenvalue weighted by Gasteiger charge is 2.62. The number of allylic oxidation sites excluding steroid dienone is 2. The van der Waals surface area contributed by atoms with Gasteiger partial charge in [0.1, 0.15) is 0 Å². The van der Waals surface area contributed by atoms with E-state index in [-0.39, 0.29) is 17.7 Å². The third-order valence-electron chi connectivity index (χ3n) is 5.87. The number of amides is 1. The van der Waals surface area contributed by atoms with Gasteiger partial charge in [0, 0.05) is 5.69 Å². The highest BCUT2D eigenvalue weighted by atomic mass is 16.4. The summed E-state index contributed by atoms with van der Waals surface area (Å²) in [7, 11) is 0. The van der Waals surface area contributed by atoms with Crippen LogP contribution in [-0.2, 0) is 16.0 Å². The molecule has 0 saturated heterocycles. The van der Waals surface area contributed by atoms with E-state index >= 15 is 0 Å². The van der Waals surface area contributed by atoms with Crippen LogP contribution >= 0.6 is 0 Å². The lowest BCUT2D eigenvalue weighted by Crippen LogP contribution is -2.48. The first-order valence-corrected chi connectivity index (χ1v) is 8.41. The molecule has 0 aliphatic heterocycles. The first kappa shape index (κ1) is 14.5. The molecule has 1 amide bonds. The average molecular weight is 311 g/mol. The quantitative estimate of drug-likeness (QED) is 0.840. The summed E-state index contributed by atoms with van der Waals surface area (Å²) in [6.07, 6.45) is 6.15. The zero-order valence-corrected chi connectivity index (χ0v) is 13.1. The molecule has 6 atom stereocenters. The normalized spacial score (nSPS) is 36.4. The second-order valence-corrected chi connectivity index (χ2v) is 7.03. The van der Waals surface area contributed by atoms with Gasteiger partial charge in [-0.2, -0.15) is 0 Å². The molecular formula is C19H21NO3. The minimum absolute atomic E-state index is 0.0284. The standard InChI is InChI=1S/C19H21NO3/c1-2-10-3-5-11(6-4-10)20-18(21)16-12-7-8-13(15-9-14(12)15)17(16)19(22)23/h3-8,12-17H,2,9H2,1H3,(H,20,21)(H,22,23)/t12-,13+,14+,15+,16-,17-/m0/s1. The van der Waals surface area contributed by atoms with Gasteiger partial charge in [0.05, 0.1) is 11.8 Å². The number of benzene rings is 1. The van der Waals surface area contributed by atoms with Crippen LogP contribution in [0.4, 0.5) is 5.69 Å². The molecule has 2 bridgehead atoms. The van der Waals surface area contributed by atoms with Gasteiger partial charge in [-0.05, 0) is 54.2 Å². The summed E-state index contributed by atoms with van der Waals surface area (Å²) in [6, 6.07) is 7.77. The molecule has 2 fully saturated rings. The SMILES string of the molecule is CCc1ccc(NC(=O)[C@H]2[C@H]3C=C[C@H]([C@H]4C[C@H]34)[C@@H]2C(=O)O)cc1. The van der Waals surface area contributed by atoms with Gasteiger partial charge >= 0.3 is 5.97 Å². The van der Waals surface area contributed by atoms with E-state index in [0.717, 1.165) is 18.5 Å². The van der Waals surface area contributed by atoms with Gasteiger partial charge in [0.2, 0.25) is 5.91 Å². The molecule has 1 aromatic carbocycles. The largest absolute Gasteiger partial charge is 0.481 e. The number of aryl methyl sites for hydroxylation is 1. The number of fused-ring (bicyclic) bond motifs is 1. The van der Waals surface area contributed by atoms with Crippen molar-refractivity contribution in [3.05, 3.63) is 42.0 Å². The van der Waals surface area contributed by atoms with Crippen LogP contribution in [-0.4, -0.2) is 17.0 Å². The highest BCUT2D eigenvalue weighted by molar-refractivity contribution is 5.96. The molecule has 0 unspecified atom stereocenters. The molecule has 1 aromatic rings. The minimum atomic E-state index is -0.837. The molecule has 4 nitrogen and oxygen atoms in total. The molecule has 120 valence electrons. The monoisotopic (exact) mass is 311 g/mol. The summed E-state index contributed by atoms with van der Waals surface area (Å²) < 4.78 is 0. The number of carboxylic acids is 1. The summed E-state index contributed by atoms with van der Waals surface area (Å²) in [6.45, 7) is 2.09. The van der Waals surface area contributed by atoms with Crippen molar-refractivity contribution in [1.82, 2.24) is 0 Å². The smallest absolute Gasteiger partial charge is 0.307 e. The first-order valence-electron chi connectivity index (χ1n) is 8.41. The van der Waals surface area contributed by atoms with Crippen LogP contribution in [0.5, 0.6) is 0 Å². The lowest BCUT2D eigenvalue weighted by Gasteiger charge is -2.41. The summed E-state index contributed by atoms with van der Waals surface area (Å²) >= 11 is 0. The number of rotatable bonds is 4. The lowest BCUT2D eigenvalue weighted by molar-refractivity contribution is -0.152. The third-order valence-corrected chi connectivity index (χ3v) is 5.87. The Morgan fingerprint density at radius 3 is 2.26 bits per heavy atom. The number of hydrogen-bond donors (Lipinski definition) is 2. The lowest BCUT2D eigenvalue weighted by atomic mass is 9.62. The van der Waals surface area contributed by atoms with Crippen molar-refractivity contribution < 1.29 is 14.7 Å². The Bertz CT molecular complexity index is 678. The molecule has 5 rings (SSSR count). The van der Waals surface area contributed by atoms with Crippen molar-refractivity contribution in [3.8, 4) is 0 Å². The number of nitrogens with one attached hydrogen (secondary N) is 1. The van der Waals surface area contributed by atoms with Crippen LogP contribution in [0.15, 0.2) is 36.4 Å². The topological polar surface area (TPSA) is 66.4 Å². The Balaban J connectivity index is 1.56. The fourth-order valence-corrected chi connectivity index (χ4v) is 4.62. The molecule has 4 aliphatic carbocycles. The number of anilines is 1.